The lowest BCUT2D eigenvalue weighted by molar-refractivity contribution is 0.0868. The number of hydrogen-bond acceptors (Lipinski definition) is 3. The SMILES string of the molecule is CC1CCCC(C(=O)c2ccc(S(C)(=O)=O)cc2)C1. The number of hydrogen-bond donors (Lipinski definition) is 0. The van der Waals surface area contributed by atoms with Gasteiger partial charge in [-0.1, -0.05) is 31.9 Å². The van der Waals surface area contributed by atoms with E-state index in [9.17, 15) is 13.2 Å². The zero-order valence-electron chi connectivity index (χ0n) is 11.4. The highest BCUT2D eigenvalue weighted by Gasteiger charge is 2.25. The zero-order valence-corrected chi connectivity index (χ0v) is 12.2. The number of sulfone groups is 1. The first-order valence-corrected chi connectivity index (χ1v) is 8.61. The summed E-state index contributed by atoms with van der Waals surface area (Å²) in [5, 5.41) is 0. The Kier molecular flexibility index (Phi) is 4.09. The summed E-state index contributed by atoms with van der Waals surface area (Å²) in [7, 11) is -3.19. The molecular formula is C15H20O3S. The topological polar surface area (TPSA) is 51.2 Å². The molecule has 19 heavy (non-hydrogen) atoms. The van der Waals surface area contributed by atoms with Crippen molar-refractivity contribution in [1.82, 2.24) is 0 Å². The molecule has 4 heteroatoms. The van der Waals surface area contributed by atoms with E-state index in [1.165, 1.54) is 24.8 Å². The summed E-state index contributed by atoms with van der Waals surface area (Å²) < 4.78 is 22.7. The second-order valence-electron chi connectivity index (χ2n) is 5.63. The summed E-state index contributed by atoms with van der Waals surface area (Å²) in [5.41, 5.74) is 0.631. The van der Waals surface area contributed by atoms with Gasteiger partial charge >= 0.3 is 0 Å². The third-order valence-corrected chi connectivity index (χ3v) is 5.00. The van der Waals surface area contributed by atoms with Crippen LogP contribution in [-0.4, -0.2) is 20.5 Å². The molecule has 1 aliphatic rings. The minimum atomic E-state index is -3.19. The van der Waals surface area contributed by atoms with E-state index >= 15 is 0 Å². The number of Topliss-reactive ketones (excluding diaryl/α,β-unsaturated/α-hetero) is 1. The summed E-state index contributed by atoms with van der Waals surface area (Å²) >= 11 is 0. The molecule has 2 atom stereocenters. The molecule has 1 aromatic carbocycles. The Bertz CT molecular complexity index is 558. The van der Waals surface area contributed by atoms with Crippen LogP contribution in [0.5, 0.6) is 0 Å². The van der Waals surface area contributed by atoms with Crippen molar-refractivity contribution >= 4 is 15.6 Å². The molecule has 0 saturated heterocycles. The molecule has 104 valence electrons. The Morgan fingerprint density at radius 3 is 2.32 bits per heavy atom. The lowest BCUT2D eigenvalue weighted by atomic mass is 9.79. The van der Waals surface area contributed by atoms with Crippen molar-refractivity contribution in [1.29, 1.82) is 0 Å². The standard InChI is InChI=1S/C15H20O3S/c1-11-4-3-5-13(10-11)15(16)12-6-8-14(9-7-12)19(2,17)18/h6-9,11,13H,3-5,10H2,1-2H3. The Labute approximate surface area is 114 Å². The first-order chi connectivity index (χ1) is 8.88. The van der Waals surface area contributed by atoms with Crippen LogP contribution in [0.1, 0.15) is 43.0 Å². The van der Waals surface area contributed by atoms with Crippen molar-refractivity contribution in [3.8, 4) is 0 Å². The average molecular weight is 280 g/mol. The van der Waals surface area contributed by atoms with Gasteiger partial charge in [-0.2, -0.15) is 0 Å². The normalized spacial score (nSPS) is 24.1. The lowest BCUT2D eigenvalue weighted by Crippen LogP contribution is -2.21. The lowest BCUT2D eigenvalue weighted by Gasteiger charge is -2.25. The Hall–Kier alpha value is -1.16. The fourth-order valence-corrected chi connectivity index (χ4v) is 3.40. The summed E-state index contributed by atoms with van der Waals surface area (Å²) in [6, 6.07) is 6.32. The molecule has 0 heterocycles. The van der Waals surface area contributed by atoms with Crippen molar-refractivity contribution in [2.24, 2.45) is 11.8 Å². The van der Waals surface area contributed by atoms with Crippen molar-refractivity contribution in [2.75, 3.05) is 6.26 Å². The number of benzene rings is 1. The van der Waals surface area contributed by atoms with Gasteiger partial charge in [0.2, 0.25) is 0 Å². The number of ketones is 1. The van der Waals surface area contributed by atoms with Crippen LogP contribution < -0.4 is 0 Å². The van der Waals surface area contributed by atoms with E-state index in [0.717, 1.165) is 19.3 Å². The molecule has 2 unspecified atom stereocenters. The molecule has 1 aliphatic carbocycles. The van der Waals surface area contributed by atoms with Crippen molar-refractivity contribution in [2.45, 2.75) is 37.5 Å². The zero-order chi connectivity index (χ0) is 14.0. The molecule has 0 aliphatic heterocycles. The fraction of sp³-hybridized carbons (Fsp3) is 0.533. The molecule has 1 saturated carbocycles. The van der Waals surface area contributed by atoms with E-state index < -0.39 is 9.84 Å². The Morgan fingerprint density at radius 1 is 1.16 bits per heavy atom. The van der Waals surface area contributed by atoms with Gasteiger partial charge in [-0.15, -0.1) is 0 Å². The number of rotatable bonds is 3. The van der Waals surface area contributed by atoms with Crippen LogP contribution in [0.2, 0.25) is 0 Å². The molecule has 1 aromatic rings. The van der Waals surface area contributed by atoms with Crippen LogP contribution in [0.15, 0.2) is 29.2 Å². The Morgan fingerprint density at radius 2 is 1.79 bits per heavy atom. The van der Waals surface area contributed by atoms with Gasteiger partial charge in [0.1, 0.15) is 0 Å². The highest BCUT2D eigenvalue weighted by Crippen LogP contribution is 2.31. The van der Waals surface area contributed by atoms with Crippen LogP contribution in [0.25, 0.3) is 0 Å². The first-order valence-electron chi connectivity index (χ1n) is 6.72. The molecule has 0 amide bonds. The minimum absolute atomic E-state index is 0.104. The monoisotopic (exact) mass is 280 g/mol. The van der Waals surface area contributed by atoms with Crippen LogP contribution in [0.3, 0.4) is 0 Å². The van der Waals surface area contributed by atoms with Gasteiger partial charge in [-0.3, -0.25) is 4.79 Å². The maximum absolute atomic E-state index is 12.4. The van der Waals surface area contributed by atoms with E-state index in [4.69, 9.17) is 0 Å². The van der Waals surface area contributed by atoms with Crippen LogP contribution >= 0.6 is 0 Å². The highest BCUT2D eigenvalue weighted by atomic mass is 32.2. The van der Waals surface area contributed by atoms with Gasteiger partial charge in [0.05, 0.1) is 4.90 Å². The molecule has 0 N–H and O–H groups in total. The molecule has 0 spiro atoms. The van der Waals surface area contributed by atoms with Gasteiger partial charge in [-0.25, -0.2) is 8.42 Å². The second kappa shape index (κ2) is 5.45. The van der Waals surface area contributed by atoms with E-state index in [2.05, 4.69) is 6.92 Å². The molecule has 0 radical (unpaired) electrons. The van der Waals surface area contributed by atoms with Gasteiger partial charge in [0, 0.05) is 17.7 Å². The van der Waals surface area contributed by atoms with Crippen molar-refractivity contribution in [3.63, 3.8) is 0 Å². The van der Waals surface area contributed by atoms with Crippen LogP contribution in [-0.2, 0) is 9.84 Å². The van der Waals surface area contributed by atoms with Crippen molar-refractivity contribution in [3.05, 3.63) is 29.8 Å². The summed E-state index contributed by atoms with van der Waals surface area (Å²) in [4.78, 5) is 12.6. The molecule has 0 bridgehead atoms. The number of carbonyl (C=O) groups is 1. The summed E-state index contributed by atoms with van der Waals surface area (Å²) in [6.07, 6.45) is 5.39. The smallest absolute Gasteiger partial charge is 0.175 e. The summed E-state index contributed by atoms with van der Waals surface area (Å²) in [6.45, 7) is 2.19. The van der Waals surface area contributed by atoms with Gasteiger partial charge in [0.25, 0.3) is 0 Å². The average Bonchev–Trinajstić information content (AvgIpc) is 2.37. The Balaban J connectivity index is 2.16. The summed E-state index contributed by atoms with van der Waals surface area (Å²) in [5.74, 6) is 0.873. The van der Waals surface area contributed by atoms with Gasteiger partial charge in [-0.05, 0) is 30.9 Å². The fourth-order valence-electron chi connectivity index (χ4n) is 2.77. The molecule has 3 nitrogen and oxygen atoms in total. The second-order valence-corrected chi connectivity index (χ2v) is 7.65. The highest BCUT2D eigenvalue weighted by molar-refractivity contribution is 7.90. The van der Waals surface area contributed by atoms with Crippen molar-refractivity contribution < 1.29 is 13.2 Å². The predicted molar refractivity (Wildman–Crippen MR) is 75.0 cm³/mol. The molecule has 1 fully saturated rings. The van der Waals surface area contributed by atoms with Crippen LogP contribution in [0.4, 0.5) is 0 Å². The first kappa shape index (κ1) is 14.3. The maximum Gasteiger partial charge on any atom is 0.175 e. The van der Waals surface area contributed by atoms with Crippen LogP contribution in [0, 0.1) is 11.8 Å². The predicted octanol–water partition coefficient (Wildman–Crippen LogP) is 3.10. The largest absolute Gasteiger partial charge is 0.294 e. The maximum atomic E-state index is 12.4. The molecule has 0 aromatic heterocycles. The van der Waals surface area contributed by atoms with E-state index in [1.807, 2.05) is 0 Å². The quantitative estimate of drug-likeness (QED) is 0.799. The van der Waals surface area contributed by atoms with E-state index in [-0.39, 0.29) is 16.6 Å². The van der Waals surface area contributed by atoms with E-state index in [0.29, 0.717) is 11.5 Å². The number of carbonyl (C=O) groups excluding carboxylic acids is 1. The molecular weight excluding hydrogens is 260 g/mol. The van der Waals surface area contributed by atoms with E-state index in [1.54, 1.807) is 12.1 Å². The third kappa shape index (κ3) is 3.44. The third-order valence-electron chi connectivity index (χ3n) is 3.87. The van der Waals surface area contributed by atoms with Gasteiger partial charge < -0.3 is 0 Å². The van der Waals surface area contributed by atoms with Gasteiger partial charge in [0.15, 0.2) is 15.6 Å². The molecule has 2 rings (SSSR count). The minimum Gasteiger partial charge on any atom is -0.294 e.